The normalized spacial score (nSPS) is 29.2. The summed E-state index contributed by atoms with van der Waals surface area (Å²) in [5.74, 6) is -0.564. The molecular weight excluding hydrogens is 486 g/mol. The number of amides is 2. The van der Waals surface area contributed by atoms with Crippen LogP contribution in [0.15, 0.2) is 48.5 Å². The van der Waals surface area contributed by atoms with Gasteiger partial charge in [0.15, 0.2) is 13.9 Å². The van der Waals surface area contributed by atoms with Crippen LogP contribution in [-0.4, -0.2) is 55.3 Å². The van der Waals surface area contributed by atoms with Crippen LogP contribution in [0.5, 0.6) is 0 Å². The van der Waals surface area contributed by atoms with E-state index in [0.29, 0.717) is 24.2 Å². The van der Waals surface area contributed by atoms with Crippen LogP contribution in [0.3, 0.4) is 0 Å². The van der Waals surface area contributed by atoms with Gasteiger partial charge in [-0.15, -0.1) is 0 Å². The Labute approximate surface area is 219 Å². The Morgan fingerprint density at radius 1 is 1.24 bits per heavy atom. The number of benzene rings is 2. The van der Waals surface area contributed by atoms with Crippen molar-refractivity contribution >= 4 is 31.5 Å². The lowest BCUT2D eigenvalue weighted by atomic mass is 9.82. The van der Waals surface area contributed by atoms with Crippen molar-refractivity contribution in [1.29, 1.82) is 0 Å². The van der Waals surface area contributed by atoms with Crippen LogP contribution in [0.1, 0.15) is 37.3 Å². The van der Waals surface area contributed by atoms with Crippen LogP contribution in [0.2, 0.25) is 18.6 Å². The lowest BCUT2D eigenvalue weighted by Gasteiger charge is -2.32. The fourth-order valence-corrected chi connectivity index (χ4v) is 9.22. The largest absolute Gasteiger partial charge is 0.432 e. The summed E-state index contributed by atoms with van der Waals surface area (Å²) in [6.07, 6.45) is 1.67. The van der Waals surface area contributed by atoms with Crippen LogP contribution < -0.4 is 15.5 Å². The monoisotopic (exact) mass is 523 g/mol. The van der Waals surface area contributed by atoms with Gasteiger partial charge in [0.05, 0.1) is 24.4 Å². The first-order valence-electron chi connectivity index (χ1n) is 13.2. The first-order chi connectivity index (χ1) is 17.7. The number of nitrogens with zero attached hydrogens (tertiary/aromatic N) is 1. The Morgan fingerprint density at radius 3 is 2.65 bits per heavy atom. The molecule has 3 aliphatic rings. The number of aliphatic hydroxyl groups is 1. The van der Waals surface area contributed by atoms with Crippen molar-refractivity contribution in [3.63, 3.8) is 0 Å². The Kier molecular flexibility index (Phi) is 7.01. The topological polar surface area (TPSA) is 111 Å². The highest BCUT2D eigenvalue weighted by molar-refractivity contribution is 6.71. The minimum absolute atomic E-state index is 0.0858. The molecule has 0 saturated carbocycles. The Hall–Kier alpha value is -2.56. The van der Waals surface area contributed by atoms with Crippen LogP contribution >= 0.6 is 0 Å². The van der Waals surface area contributed by atoms with E-state index in [1.165, 1.54) is 0 Å². The van der Waals surface area contributed by atoms with Gasteiger partial charge in [0, 0.05) is 29.3 Å². The molecule has 2 fully saturated rings. The lowest BCUT2D eigenvalue weighted by Crippen LogP contribution is -2.46. The van der Waals surface area contributed by atoms with Gasteiger partial charge in [-0.1, -0.05) is 37.3 Å². The molecule has 8 nitrogen and oxygen atoms in total. The van der Waals surface area contributed by atoms with Gasteiger partial charge in [-0.05, 0) is 62.7 Å². The fourth-order valence-electron chi connectivity index (χ4n) is 6.61. The minimum Gasteiger partial charge on any atom is -0.432 e. The van der Waals surface area contributed by atoms with E-state index >= 15 is 0 Å². The second-order valence-corrected chi connectivity index (χ2v) is 15.1. The maximum atomic E-state index is 14.3. The predicted octanol–water partition coefficient (Wildman–Crippen LogP) is 3.10. The quantitative estimate of drug-likeness (QED) is 0.415. The summed E-state index contributed by atoms with van der Waals surface area (Å²) in [7, 11) is -2.77. The van der Waals surface area contributed by atoms with E-state index in [4.69, 9.17) is 4.74 Å². The van der Waals surface area contributed by atoms with Gasteiger partial charge in [-0.2, -0.15) is 0 Å². The molecule has 2 aromatic carbocycles. The summed E-state index contributed by atoms with van der Waals surface area (Å²) in [5, 5.41) is 16.0. The van der Waals surface area contributed by atoms with Crippen molar-refractivity contribution in [1.82, 2.24) is 5.32 Å². The summed E-state index contributed by atoms with van der Waals surface area (Å²) in [5.41, 5.74) is 1.53. The third kappa shape index (κ3) is 4.53. The molecule has 1 spiro atoms. The van der Waals surface area contributed by atoms with Crippen molar-refractivity contribution in [2.45, 2.75) is 69.1 Å². The van der Waals surface area contributed by atoms with Gasteiger partial charge < -0.3 is 30.2 Å². The number of carbonyl (C=O) groups excluding carboxylic acids is 2. The van der Waals surface area contributed by atoms with Crippen molar-refractivity contribution < 1.29 is 24.2 Å². The number of anilines is 2. The molecule has 37 heavy (non-hydrogen) atoms. The summed E-state index contributed by atoms with van der Waals surface area (Å²) in [6, 6.07) is 15.2. The van der Waals surface area contributed by atoms with Gasteiger partial charge in [0.2, 0.25) is 5.91 Å². The highest BCUT2D eigenvalue weighted by Gasteiger charge is 2.66. The number of hydrogen-bond donors (Lipinski definition) is 4. The number of aliphatic hydroxyl groups excluding tert-OH is 1. The first-order valence-corrected chi connectivity index (χ1v) is 16.2. The zero-order valence-corrected chi connectivity index (χ0v) is 22.7. The molecule has 4 N–H and O–H groups in total. The summed E-state index contributed by atoms with van der Waals surface area (Å²) in [4.78, 5) is 40.2. The first kappa shape index (κ1) is 26.1. The molecule has 3 heterocycles. The fraction of sp³-hybridized carbons (Fsp3) is 0.500. The van der Waals surface area contributed by atoms with E-state index < -0.39 is 20.0 Å². The van der Waals surface area contributed by atoms with Gasteiger partial charge in [-0.3, -0.25) is 9.59 Å². The third-order valence-electron chi connectivity index (χ3n) is 8.23. The summed E-state index contributed by atoms with van der Waals surface area (Å²) in [6.45, 7) is 6.84. The molecular formula is C28H37N3O5Si. The molecule has 0 aliphatic carbocycles. The van der Waals surface area contributed by atoms with E-state index in [9.17, 15) is 19.5 Å². The molecule has 2 aromatic rings. The molecule has 198 valence electrons. The molecule has 0 radical (unpaired) electrons. The highest BCUT2D eigenvalue weighted by Crippen LogP contribution is 2.60. The molecule has 5 rings (SSSR count). The molecule has 2 amide bonds. The van der Waals surface area contributed by atoms with Gasteiger partial charge in [0.1, 0.15) is 0 Å². The van der Waals surface area contributed by atoms with E-state index in [1.807, 2.05) is 68.5 Å². The van der Waals surface area contributed by atoms with E-state index in [0.717, 1.165) is 30.6 Å². The number of ether oxygens (including phenoxy) is 1. The smallest absolute Gasteiger partial charge is 0.264 e. The number of carbonyl (C=O) groups is 2. The predicted molar refractivity (Wildman–Crippen MR) is 145 cm³/mol. The Morgan fingerprint density at radius 2 is 2.00 bits per heavy atom. The van der Waals surface area contributed by atoms with Crippen molar-refractivity contribution in [2.75, 3.05) is 23.4 Å². The van der Waals surface area contributed by atoms with E-state index in [1.54, 1.807) is 4.90 Å². The zero-order valence-electron chi connectivity index (χ0n) is 21.7. The molecule has 0 bridgehead atoms. The number of fused-ring (bicyclic) bond motifs is 2. The number of nitrogens with one attached hydrogen (secondary N) is 2. The summed E-state index contributed by atoms with van der Waals surface area (Å²) >= 11 is 0. The average Bonchev–Trinajstić information content (AvgIpc) is 3.55. The average molecular weight is 524 g/mol. The lowest BCUT2D eigenvalue weighted by molar-refractivity contribution is -0.146. The van der Waals surface area contributed by atoms with Crippen LogP contribution in [0, 0.1) is 5.92 Å². The maximum absolute atomic E-state index is 14.3. The van der Waals surface area contributed by atoms with Crippen LogP contribution in [-0.2, 0) is 26.5 Å². The van der Waals surface area contributed by atoms with Crippen molar-refractivity contribution in [2.24, 2.45) is 5.92 Å². The second kappa shape index (κ2) is 9.96. The number of rotatable bonds is 7. The molecule has 3 aliphatic heterocycles. The van der Waals surface area contributed by atoms with Crippen molar-refractivity contribution in [3.05, 3.63) is 59.7 Å². The highest BCUT2D eigenvalue weighted by atomic mass is 28.4. The minimum atomic E-state index is -2.77. The van der Waals surface area contributed by atoms with Crippen LogP contribution in [0.25, 0.3) is 0 Å². The Balaban J connectivity index is 1.58. The van der Waals surface area contributed by atoms with Gasteiger partial charge in [-0.25, -0.2) is 0 Å². The molecule has 2 saturated heterocycles. The standard InChI is InChI=1S/C28H37N3O5Si/c1-18-25(37(2,3)35)24(13-15-32)36-28(18)21-16-20(30-26(33)22-10-7-14-29-22)11-12-23(21)31(27(28)34)17-19-8-5-4-6-9-19/h4-6,8-9,11-12,16,18,22,24-25,29,32,35H,7,10,13-15,17H2,1-3H3,(H,30,33)/t18-,22-,24+,25-,28+/m1/s1. The molecule has 5 atom stereocenters. The SMILES string of the molecule is C[C@@H]1[C@@H]([Si](C)(C)O)[C@H](CCO)O[C@@]12C(=O)N(Cc1ccccc1)c1ccc(NC(=O)[C@H]3CCCN3)cc12. The van der Waals surface area contributed by atoms with Gasteiger partial charge >= 0.3 is 0 Å². The maximum Gasteiger partial charge on any atom is 0.264 e. The van der Waals surface area contributed by atoms with Crippen LogP contribution in [0.4, 0.5) is 11.4 Å². The van der Waals surface area contributed by atoms with E-state index in [-0.39, 0.29) is 35.9 Å². The number of hydrogen-bond acceptors (Lipinski definition) is 6. The molecule has 0 aromatic heterocycles. The van der Waals surface area contributed by atoms with Gasteiger partial charge in [0.25, 0.3) is 5.91 Å². The zero-order chi connectivity index (χ0) is 26.4. The third-order valence-corrected chi connectivity index (χ3v) is 10.7. The molecule has 9 heteroatoms. The second-order valence-electron chi connectivity index (χ2n) is 11.1. The summed E-state index contributed by atoms with van der Waals surface area (Å²) < 4.78 is 6.67. The van der Waals surface area contributed by atoms with E-state index in [2.05, 4.69) is 10.6 Å². The van der Waals surface area contributed by atoms with Crippen molar-refractivity contribution in [3.8, 4) is 0 Å². The Bertz CT molecular complexity index is 1160. The molecule has 0 unspecified atom stereocenters.